The Balaban J connectivity index is 1.71. The summed E-state index contributed by atoms with van der Waals surface area (Å²) in [5.74, 6) is -0.559. The van der Waals surface area contributed by atoms with E-state index in [-0.39, 0.29) is 35.6 Å². The van der Waals surface area contributed by atoms with Crippen molar-refractivity contribution in [2.45, 2.75) is 51.5 Å². The van der Waals surface area contributed by atoms with Crippen molar-refractivity contribution in [2.75, 3.05) is 0 Å². The largest absolute Gasteiger partial charge is 0.459 e. The van der Waals surface area contributed by atoms with E-state index in [9.17, 15) is 23.1 Å². The van der Waals surface area contributed by atoms with Gasteiger partial charge in [0.05, 0.1) is 24.0 Å². The first-order valence-electron chi connectivity index (χ1n) is 10.6. The normalized spacial score (nSPS) is 14.5. The van der Waals surface area contributed by atoms with Crippen LogP contribution < -0.4 is 0 Å². The summed E-state index contributed by atoms with van der Waals surface area (Å²) in [6.07, 6.45) is 0.680. The third kappa shape index (κ3) is 5.48. The zero-order chi connectivity index (χ0) is 24.5. The number of rotatable bonds is 7. The van der Waals surface area contributed by atoms with Crippen molar-refractivity contribution < 1.29 is 27.8 Å². The molecule has 1 fully saturated rings. The van der Waals surface area contributed by atoms with E-state index < -0.39 is 17.8 Å². The minimum Gasteiger partial charge on any atom is -0.459 e. The molecule has 0 spiro atoms. The Morgan fingerprint density at radius 1 is 1.26 bits per heavy atom. The van der Waals surface area contributed by atoms with Crippen LogP contribution in [0.2, 0.25) is 0 Å². The fourth-order valence-corrected chi connectivity index (χ4v) is 3.22. The molecule has 0 aromatic carbocycles. The van der Waals surface area contributed by atoms with Gasteiger partial charge in [-0.15, -0.1) is 5.10 Å². The second-order valence-electron chi connectivity index (χ2n) is 8.18. The lowest BCUT2D eigenvalue weighted by Gasteiger charge is -2.11. The number of hydrogen-bond donors (Lipinski definition) is 1. The Bertz CT molecular complexity index is 1220. The Kier molecular flexibility index (Phi) is 6.47. The zero-order valence-electron chi connectivity index (χ0n) is 18.5. The molecule has 1 aliphatic carbocycles. The lowest BCUT2D eigenvalue weighted by Crippen LogP contribution is -2.14. The number of esters is 1. The van der Waals surface area contributed by atoms with Crippen LogP contribution in [0.15, 0.2) is 36.8 Å². The van der Waals surface area contributed by atoms with Gasteiger partial charge in [-0.1, -0.05) is 6.07 Å². The Morgan fingerprint density at radius 2 is 2.03 bits per heavy atom. The van der Waals surface area contributed by atoms with Crippen molar-refractivity contribution >= 4 is 17.7 Å². The van der Waals surface area contributed by atoms with Crippen LogP contribution in [0, 0.1) is 0 Å². The van der Waals surface area contributed by atoms with Crippen LogP contribution in [0.1, 0.15) is 55.3 Å². The van der Waals surface area contributed by atoms with Crippen molar-refractivity contribution in [3.8, 4) is 11.4 Å². The average molecular weight is 473 g/mol. The number of carbonyl (C=O) groups excluding carboxylic acids is 1. The average Bonchev–Trinajstić information content (AvgIpc) is 3.54. The molecule has 0 aliphatic heterocycles. The molecule has 34 heavy (non-hydrogen) atoms. The number of hydrogen-bond acceptors (Lipinski definition) is 7. The molecule has 11 heteroatoms. The molecule has 0 saturated heterocycles. The van der Waals surface area contributed by atoms with Gasteiger partial charge in [0.1, 0.15) is 12.0 Å². The SMILES string of the molecule is CC(C)OC(=O)/C(=C/n1cnc(-c2cc(C3CC3)nc(C(F)(F)F)c2)n1)c1ccc(CO)nc1. The fourth-order valence-electron chi connectivity index (χ4n) is 3.22. The minimum absolute atomic E-state index is 0.00910. The highest BCUT2D eigenvalue weighted by Gasteiger charge is 2.35. The van der Waals surface area contributed by atoms with Gasteiger partial charge >= 0.3 is 12.1 Å². The maximum absolute atomic E-state index is 13.4. The van der Waals surface area contributed by atoms with Crippen LogP contribution in [-0.2, 0) is 22.3 Å². The predicted octanol–water partition coefficient (Wildman–Crippen LogP) is 4.07. The number of carbonyl (C=O) groups is 1. The first kappa shape index (κ1) is 23.6. The van der Waals surface area contributed by atoms with Crippen molar-refractivity contribution in [1.29, 1.82) is 0 Å². The van der Waals surface area contributed by atoms with E-state index >= 15 is 0 Å². The van der Waals surface area contributed by atoms with Gasteiger partial charge < -0.3 is 9.84 Å². The number of aliphatic hydroxyl groups is 1. The highest BCUT2D eigenvalue weighted by molar-refractivity contribution is 6.20. The molecule has 4 rings (SSSR count). The molecule has 1 aliphatic rings. The van der Waals surface area contributed by atoms with Gasteiger partial charge in [0.15, 0.2) is 5.82 Å². The van der Waals surface area contributed by atoms with Gasteiger partial charge in [-0.3, -0.25) is 4.98 Å². The van der Waals surface area contributed by atoms with E-state index in [0.29, 0.717) is 17.0 Å². The van der Waals surface area contributed by atoms with Gasteiger partial charge in [-0.05, 0) is 44.9 Å². The van der Waals surface area contributed by atoms with Gasteiger partial charge in [-0.2, -0.15) is 13.2 Å². The van der Waals surface area contributed by atoms with Crippen molar-refractivity contribution in [3.63, 3.8) is 0 Å². The molecule has 1 saturated carbocycles. The Labute approximate surface area is 193 Å². The highest BCUT2D eigenvalue weighted by Crippen LogP contribution is 2.41. The molecule has 3 heterocycles. The van der Waals surface area contributed by atoms with Crippen LogP contribution in [0.3, 0.4) is 0 Å². The minimum atomic E-state index is -4.59. The molecule has 0 atom stereocenters. The molecule has 0 amide bonds. The topological polar surface area (TPSA) is 103 Å². The molecule has 0 bridgehead atoms. The summed E-state index contributed by atoms with van der Waals surface area (Å²) in [7, 11) is 0. The third-order valence-corrected chi connectivity index (χ3v) is 5.02. The maximum Gasteiger partial charge on any atom is 0.433 e. The molecule has 3 aromatic heterocycles. The summed E-state index contributed by atoms with van der Waals surface area (Å²) >= 11 is 0. The van der Waals surface area contributed by atoms with Gasteiger partial charge in [0.25, 0.3) is 0 Å². The summed E-state index contributed by atoms with van der Waals surface area (Å²) in [5, 5.41) is 13.5. The summed E-state index contributed by atoms with van der Waals surface area (Å²) in [6, 6.07) is 5.65. The van der Waals surface area contributed by atoms with E-state index in [4.69, 9.17) is 4.74 Å². The zero-order valence-corrected chi connectivity index (χ0v) is 18.5. The van der Waals surface area contributed by atoms with Crippen LogP contribution in [0.5, 0.6) is 0 Å². The van der Waals surface area contributed by atoms with Crippen molar-refractivity contribution in [2.24, 2.45) is 0 Å². The maximum atomic E-state index is 13.4. The smallest absolute Gasteiger partial charge is 0.433 e. The number of halogens is 3. The second kappa shape index (κ2) is 9.34. The molecular weight excluding hydrogens is 451 g/mol. The second-order valence-corrected chi connectivity index (χ2v) is 8.18. The number of aliphatic hydroxyl groups excluding tert-OH is 1. The van der Waals surface area contributed by atoms with Crippen LogP contribution >= 0.6 is 0 Å². The summed E-state index contributed by atoms with van der Waals surface area (Å²) < 4.78 is 46.6. The monoisotopic (exact) mass is 473 g/mol. The van der Waals surface area contributed by atoms with E-state index in [1.165, 1.54) is 23.4 Å². The number of aromatic nitrogens is 5. The van der Waals surface area contributed by atoms with E-state index in [2.05, 4.69) is 20.1 Å². The van der Waals surface area contributed by atoms with Gasteiger partial charge in [-0.25, -0.2) is 19.4 Å². The number of alkyl halides is 3. The standard InChI is InChI=1S/C23H22F3N5O3/c1-13(2)34-22(33)18(15-5-6-17(11-32)27-9-15)10-31-12-28-21(30-31)16-7-19(14-3-4-14)29-20(8-16)23(24,25)26/h5-10,12-14,32H,3-4,11H2,1-2H3/b18-10+. The number of nitrogens with zero attached hydrogens (tertiary/aromatic N) is 5. The predicted molar refractivity (Wildman–Crippen MR) is 116 cm³/mol. The van der Waals surface area contributed by atoms with Gasteiger partial charge in [0, 0.05) is 35.1 Å². The molecular formula is C23H22F3N5O3. The molecule has 8 nitrogen and oxygen atoms in total. The van der Waals surface area contributed by atoms with Crippen molar-refractivity contribution in [1.82, 2.24) is 24.7 Å². The molecule has 0 radical (unpaired) electrons. The Hall–Kier alpha value is -3.60. The van der Waals surface area contributed by atoms with Crippen LogP contribution in [0.4, 0.5) is 13.2 Å². The van der Waals surface area contributed by atoms with E-state index in [1.807, 2.05) is 0 Å². The Morgan fingerprint density at radius 3 is 2.62 bits per heavy atom. The third-order valence-electron chi connectivity index (χ3n) is 5.02. The molecule has 178 valence electrons. The summed E-state index contributed by atoms with van der Waals surface area (Å²) in [4.78, 5) is 24.7. The number of pyridine rings is 2. The number of ether oxygens (including phenoxy) is 1. The summed E-state index contributed by atoms with van der Waals surface area (Å²) in [6.45, 7) is 3.15. The molecule has 1 N–H and O–H groups in total. The lowest BCUT2D eigenvalue weighted by atomic mass is 10.1. The fraction of sp³-hybridized carbons (Fsp3) is 0.348. The van der Waals surface area contributed by atoms with Crippen molar-refractivity contribution in [3.05, 3.63) is 59.4 Å². The molecule has 3 aromatic rings. The lowest BCUT2D eigenvalue weighted by molar-refractivity contribution is -0.141. The highest BCUT2D eigenvalue weighted by atomic mass is 19.4. The van der Waals surface area contributed by atoms with E-state index in [1.54, 1.807) is 32.0 Å². The van der Waals surface area contributed by atoms with E-state index in [0.717, 1.165) is 18.9 Å². The quantitative estimate of drug-likeness (QED) is 0.408. The van der Waals surface area contributed by atoms with Gasteiger partial charge in [0.2, 0.25) is 0 Å². The van der Waals surface area contributed by atoms with Crippen LogP contribution in [0.25, 0.3) is 23.2 Å². The summed E-state index contributed by atoms with van der Waals surface area (Å²) in [5.41, 5.74) is 0.526. The first-order valence-corrected chi connectivity index (χ1v) is 10.6. The first-order chi connectivity index (χ1) is 16.1. The van der Waals surface area contributed by atoms with Crippen LogP contribution in [-0.4, -0.2) is 41.9 Å². The molecule has 0 unspecified atom stereocenters.